The predicted octanol–water partition coefficient (Wildman–Crippen LogP) is 4.52. The molecule has 3 aromatic rings. The van der Waals surface area contributed by atoms with Gasteiger partial charge >= 0.3 is 0 Å². The number of amides is 1. The van der Waals surface area contributed by atoms with E-state index in [2.05, 4.69) is 10.2 Å². The summed E-state index contributed by atoms with van der Waals surface area (Å²) in [5.74, 6) is 2.15. The fourth-order valence-corrected chi connectivity index (χ4v) is 3.02. The molecule has 3 aromatic carbocycles. The Balaban J connectivity index is 1.60. The Hall–Kier alpha value is -3.31. The zero-order valence-corrected chi connectivity index (χ0v) is 17.0. The highest BCUT2D eigenvalue weighted by atomic mass is 16.5. The van der Waals surface area contributed by atoms with E-state index in [1.807, 2.05) is 68.7 Å². The largest absolute Gasteiger partial charge is 0.497 e. The number of nitrogens with zero attached hydrogens (tertiary/aromatic N) is 1. The van der Waals surface area contributed by atoms with E-state index in [9.17, 15) is 4.79 Å². The molecule has 0 aliphatic heterocycles. The first kappa shape index (κ1) is 20.4. The second-order valence-corrected chi connectivity index (χ2v) is 6.90. The molecule has 3 rings (SSSR count). The first-order valence-corrected chi connectivity index (χ1v) is 9.48. The van der Waals surface area contributed by atoms with Crippen molar-refractivity contribution in [3.05, 3.63) is 90.0 Å². The van der Waals surface area contributed by atoms with Gasteiger partial charge in [-0.25, -0.2) is 0 Å². The van der Waals surface area contributed by atoms with Crippen LogP contribution in [0.3, 0.4) is 0 Å². The van der Waals surface area contributed by atoms with Crippen molar-refractivity contribution in [2.24, 2.45) is 0 Å². The number of para-hydroxylation sites is 1. The molecule has 0 saturated heterocycles. The Morgan fingerprint density at radius 2 is 1.45 bits per heavy atom. The quantitative estimate of drug-likeness (QED) is 0.614. The molecular formula is C24H26N2O3. The van der Waals surface area contributed by atoms with Gasteiger partial charge in [-0.1, -0.05) is 30.3 Å². The number of carbonyl (C=O) groups is 1. The van der Waals surface area contributed by atoms with Crippen LogP contribution in [-0.2, 0) is 0 Å². The number of nitrogens with one attached hydrogen (secondary N) is 1. The second-order valence-electron chi connectivity index (χ2n) is 6.90. The van der Waals surface area contributed by atoms with E-state index in [0.29, 0.717) is 17.9 Å². The molecule has 0 radical (unpaired) electrons. The predicted molar refractivity (Wildman–Crippen MR) is 115 cm³/mol. The van der Waals surface area contributed by atoms with E-state index < -0.39 is 0 Å². The standard InChI is InChI=1S/C24H26N2O3/c1-26(2)23(18-9-13-20(28-3)14-10-18)17-25-24(27)19-11-15-22(16-12-19)29-21-7-5-4-6-8-21/h4-16,23H,17H2,1-3H3,(H,25,27)/t23-/m1/s1. The smallest absolute Gasteiger partial charge is 0.251 e. The third-order valence-corrected chi connectivity index (χ3v) is 4.68. The molecular weight excluding hydrogens is 364 g/mol. The summed E-state index contributed by atoms with van der Waals surface area (Å²) < 4.78 is 11.0. The van der Waals surface area contributed by atoms with Crippen molar-refractivity contribution in [2.75, 3.05) is 27.7 Å². The Morgan fingerprint density at radius 3 is 2.03 bits per heavy atom. The van der Waals surface area contributed by atoms with Crippen LogP contribution in [0.4, 0.5) is 0 Å². The Bertz CT molecular complexity index is 907. The molecule has 0 aromatic heterocycles. The lowest BCUT2D eigenvalue weighted by atomic mass is 10.1. The fraction of sp³-hybridized carbons (Fsp3) is 0.208. The summed E-state index contributed by atoms with van der Waals surface area (Å²) in [6, 6.07) is 24.7. The van der Waals surface area contributed by atoms with Crippen molar-refractivity contribution in [1.29, 1.82) is 0 Å². The number of benzene rings is 3. The molecule has 150 valence electrons. The minimum absolute atomic E-state index is 0.0607. The summed E-state index contributed by atoms with van der Waals surface area (Å²) in [6.45, 7) is 0.500. The molecule has 0 aliphatic carbocycles. The highest BCUT2D eigenvalue weighted by Gasteiger charge is 2.16. The monoisotopic (exact) mass is 390 g/mol. The summed E-state index contributed by atoms with van der Waals surface area (Å²) >= 11 is 0. The number of methoxy groups -OCH3 is 1. The van der Waals surface area contributed by atoms with Crippen LogP contribution in [0.15, 0.2) is 78.9 Å². The summed E-state index contributed by atoms with van der Waals surface area (Å²) in [4.78, 5) is 14.7. The molecule has 0 unspecified atom stereocenters. The summed E-state index contributed by atoms with van der Waals surface area (Å²) in [5.41, 5.74) is 1.71. The van der Waals surface area contributed by atoms with Crippen molar-refractivity contribution in [3.8, 4) is 17.2 Å². The molecule has 0 aliphatic rings. The van der Waals surface area contributed by atoms with Crippen molar-refractivity contribution >= 4 is 5.91 Å². The van der Waals surface area contributed by atoms with Gasteiger partial charge in [0.15, 0.2) is 0 Å². The molecule has 0 bridgehead atoms. The molecule has 0 heterocycles. The average molecular weight is 390 g/mol. The molecule has 5 nitrogen and oxygen atoms in total. The van der Waals surface area contributed by atoms with Gasteiger partial charge in [0.2, 0.25) is 0 Å². The summed E-state index contributed by atoms with van der Waals surface area (Å²) in [7, 11) is 5.64. The SMILES string of the molecule is COc1ccc([C@@H](CNC(=O)c2ccc(Oc3ccccc3)cc2)N(C)C)cc1. The van der Waals surface area contributed by atoms with Gasteiger partial charge in [0.1, 0.15) is 17.2 Å². The summed E-state index contributed by atoms with van der Waals surface area (Å²) in [5, 5.41) is 3.02. The van der Waals surface area contributed by atoms with Gasteiger partial charge in [0.05, 0.1) is 13.2 Å². The van der Waals surface area contributed by atoms with Crippen LogP contribution >= 0.6 is 0 Å². The maximum atomic E-state index is 12.6. The van der Waals surface area contributed by atoms with Gasteiger partial charge in [0, 0.05) is 12.1 Å². The minimum atomic E-state index is -0.114. The number of hydrogen-bond acceptors (Lipinski definition) is 4. The molecule has 29 heavy (non-hydrogen) atoms. The zero-order valence-electron chi connectivity index (χ0n) is 17.0. The number of ether oxygens (including phenoxy) is 2. The van der Waals surface area contributed by atoms with Gasteiger partial charge in [-0.15, -0.1) is 0 Å². The third kappa shape index (κ3) is 5.59. The Labute approximate surface area is 171 Å². The van der Waals surface area contributed by atoms with Crippen LogP contribution in [0.2, 0.25) is 0 Å². The molecule has 0 saturated carbocycles. The van der Waals surface area contributed by atoms with Crippen molar-refractivity contribution in [1.82, 2.24) is 10.2 Å². The molecule has 1 amide bonds. The molecule has 1 atom stereocenters. The normalized spacial score (nSPS) is 11.7. The molecule has 0 fully saturated rings. The number of hydrogen-bond donors (Lipinski definition) is 1. The molecule has 5 heteroatoms. The van der Waals surface area contributed by atoms with E-state index in [1.54, 1.807) is 31.4 Å². The number of likely N-dealkylation sites (N-methyl/N-ethyl adjacent to an activating group) is 1. The van der Waals surface area contributed by atoms with Crippen molar-refractivity contribution in [3.63, 3.8) is 0 Å². The van der Waals surface area contributed by atoms with E-state index >= 15 is 0 Å². The maximum Gasteiger partial charge on any atom is 0.251 e. The van der Waals surface area contributed by atoms with Gasteiger partial charge < -0.3 is 19.7 Å². The molecule has 0 spiro atoms. The lowest BCUT2D eigenvalue weighted by Crippen LogP contribution is -2.34. The lowest BCUT2D eigenvalue weighted by Gasteiger charge is -2.25. The minimum Gasteiger partial charge on any atom is -0.497 e. The highest BCUT2D eigenvalue weighted by molar-refractivity contribution is 5.94. The van der Waals surface area contributed by atoms with Crippen LogP contribution in [0.25, 0.3) is 0 Å². The van der Waals surface area contributed by atoms with Crippen LogP contribution in [0, 0.1) is 0 Å². The van der Waals surface area contributed by atoms with Gasteiger partial charge in [-0.3, -0.25) is 4.79 Å². The highest BCUT2D eigenvalue weighted by Crippen LogP contribution is 2.22. The van der Waals surface area contributed by atoms with E-state index in [1.165, 1.54) is 0 Å². The number of carbonyl (C=O) groups excluding carboxylic acids is 1. The van der Waals surface area contributed by atoms with Gasteiger partial charge in [-0.2, -0.15) is 0 Å². The van der Waals surface area contributed by atoms with Crippen LogP contribution in [0.1, 0.15) is 22.0 Å². The fourth-order valence-electron chi connectivity index (χ4n) is 3.02. The first-order chi connectivity index (χ1) is 14.1. The van der Waals surface area contributed by atoms with Crippen molar-refractivity contribution < 1.29 is 14.3 Å². The van der Waals surface area contributed by atoms with E-state index in [-0.39, 0.29) is 11.9 Å². The topological polar surface area (TPSA) is 50.8 Å². The van der Waals surface area contributed by atoms with Crippen LogP contribution < -0.4 is 14.8 Å². The zero-order chi connectivity index (χ0) is 20.6. The van der Waals surface area contributed by atoms with Crippen molar-refractivity contribution in [2.45, 2.75) is 6.04 Å². The van der Waals surface area contributed by atoms with E-state index in [4.69, 9.17) is 9.47 Å². The van der Waals surface area contributed by atoms with E-state index in [0.717, 1.165) is 17.1 Å². The summed E-state index contributed by atoms with van der Waals surface area (Å²) in [6.07, 6.45) is 0. The average Bonchev–Trinajstić information content (AvgIpc) is 2.75. The Morgan fingerprint density at radius 1 is 0.862 bits per heavy atom. The molecule has 1 N–H and O–H groups in total. The maximum absolute atomic E-state index is 12.6. The third-order valence-electron chi connectivity index (χ3n) is 4.68. The van der Waals surface area contributed by atoms with Crippen LogP contribution in [0.5, 0.6) is 17.2 Å². The van der Waals surface area contributed by atoms with Gasteiger partial charge in [0.25, 0.3) is 5.91 Å². The Kier molecular flexibility index (Phi) is 6.87. The lowest BCUT2D eigenvalue weighted by molar-refractivity contribution is 0.0942. The van der Waals surface area contributed by atoms with Crippen LogP contribution in [-0.4, -0.2) is 38.6 Å². The first-order valence-electron chi connectivity index (χ1n) is 9.48. The number of rotatable bonds is 8. The van der Waals surface area contributed by atoms with Gasteiger partial charge in [-0.05, 0) is 68.2 Å². The second kappa shape index (κ2) is 9.75.